The molecule has 2 heterocycles. The lowest BCUT2D eigenvalue weighted by Gasteiger charge is -2.28. The van der Waals surface area contributed by atoms with E-state index in [1.54, 1.807) is 22.0 Å². The van der Waals surface area contributed by atoms with Gasteiger partial charge in [-0.15, -0.1) is 5.10 Å². The van der Waals surface area contributed by atoms with Crippen molar-refractivity contribution in [3.8, 4) is 0 Å². The fourth-order valence-corrected chi connectivity index (χ4v) is 1.90. The zero-order valence-electron chi connectivity index (χ0n) is 10.6. The smallest absolute Gasteiger partial charge is 0.224 e. The monoisotopic (exact) mass is 253 g/mol. The van der Waals surface area contributed by atoms with Gasteiger partial charge < -0.3 is 15.0 Å². The summed E-state index contributed by atoms with van der Waals surface area (Å²) in [5.74, 6) is 0.0969. The minimum atomic E-state index is 0.0964. The Kier molecular flexibility index (Phi) is 4.66. The topological polar surface area (TPSA) is 72.3 Å². The maximum absolute atomic E-state index is 11.9. The van der Waals surface area contributed by atoms with Crippen LogP contribution in [0.4, 0.5) is 0 Å². The van der Waals surface area contributed by atoms with Crippen LogP contribution < -0.4 is 5.32 Å². The van der Waals surface area contributed by atoms with Crippen molar-refractivity contribution in [3.63, 3.8) is 0 Å². The first kappa shape index (κ1) is 13.0. The van der Waals surface area contributed by atoms with Gasteiger partial charge in [-0.05, 0) is 0 Å². The summed E-state index contributed by atoms with van der Waals surface area (Å²) in [5, 5.41) is 10.8. The molecule has 100 valence electrons. The molecule has 0 aromatic carbocycles. The Morgan fingerprint density at radius 1 is 1.67 bits per heavy atom. The van der Waals surface area contributed by atoms with Gasteiger partial charge in [0.1, 0.15) is 0 Å². The largest absolute Gasteiger partial charge is 0.374 e. The van der Waals surface area contributed by atoms with Crippen LogP contribution in [0.25, 0.3) is 0 Å². The average Bonchev–Trinajstić information content (AvgIpc) is 2.90. The molecule has 0 aliphatic carbocycles. The second-order valence-corrected chi connectivity index (χ2v) is 4.39. The van der Waals surface area contributed by atoms with Crippen LogP contribution in [0.3, 0.4) is 0 Å². The number of aryl methyl sites for hydroxylation is 1. The quantitative estimate of drug-likeness (QED) is 0.737. The van der Waals surface area contributed by atoms with Gasteiger partial charge in [-0.25, -0.2) is 0 Å². The number of amides is 1. The number of morpholine rings is 1. The molecular weight excluding hydrogens is 234 g/mol. The molecule has 1 unspecified atom stereocenters. The van der Waals surface area contributed by atoms with Crippen molar-refractivity contribution in [2.24, 2.45) is 0 Å². The van der Waals surface area contributed by atoms with E-state index >= 15 is 0 Å². The van der Waals surface area contributed by atoms with Gasteiger partial charge in [-0.2, -0.15) is 0 Å². The van der Waals surface area contributed by atoms with E-state index in [2.05, 4.69) is 15.6 Å². The summed E-state index contributed by atoms with van der Waals surface area (Å²) in [5.41, 5.74) is 0. The maximum Gasteiger partial charge on any atom is 0.224 e. The molecule has 2 rings (SSSR count). The van der Waals surface area contributed by atoms with Gasteiger partial charge in [-0.3, -0.25) is 9.48 Å². The maximum atomic E-state index is 11.9. The van der Waals surface area contributed by atoms with Crippen LogP contribution in [0.15, 0.2) is 12.4 Å². The van der Waals surface area contributed by atoms with Crippen molar-refractivity contribution in [3.05, 3.63) is 12.4 Å². The molecule has 1 N–H and O–H groups in total. The lowest BCUT2D eigenvalue weighted by Crippen LogP contribution is -2.45. The highest BCUT2D eigenvalue weighted by atomic mass is 16.5. The van der Waals surface area contributed by atoms with Gasteiger partial charge in [0.2, 0.25) is 5.91 Å². The van der Waals surface area contributed by atoms with Gasteiger partial charge in [-0.1, -0.05) is 5.21 Å². The van der Waals surface area contributed by atoms with E-state index in [0.29, 0.717) is 26.1 Å². The molecule has 1 amide bonds. The zero-order valence-corrected chi connectivity index (χ0v) is 10.6. The van der Waals surface area contributed by atoms with Crippen molar-refractivity contribution >= 4 is 5.91 Å². The Labute approximate surface area is 106 Å². The Morgan fingerprint density at radius 2 is 2.56 bits per heavy atom. The Morgan fingerprint density at radius 3 is 3.22 bits per heavy atom. The summed E-state index contributed by atoms with van der Waals surface area (Å²) in [6.07, 6.45) is 3.89. The molecule has 1 fully saturated rings. The molecule has 0 saturated carbocycles. The number of aromatic nitrogens is 3. The number of hydrogen-bond donors (Lipinski definition) is 1. The van der Waals surface area contributed by atoms with Gasteiger partial charge >= 0.3 is 0 Å². The lowest BCUT2D eigenvalue weighted by molar-refractivity contribution is -0.132. The molecule has 1 aromatic heterocycles. The van der Waals surface area contributed by atoms with E-state index in [9.17, 15) is 4.79 Å². The molecule has 7 nitrogen and oxygen atoms in total. The Balaban J connectivity index is 1.70. The third kappa shape index (κ3) is 3.78. The van der Waals surface area contributed by atoms with Crippen LogP contribution in [0.2, 0.25) is 0 Å². The van der Waals surface area contributed by atoms with E-state index in [1.807, 2.05) is 7.05 Å². The molecule has 0 radical (unpaired) electrons. The minimum absolute atomic E-state index is 0.0964. The fourth-order valence-electron chi connectivity index (χ4n) is 1.90. The molecule has 1 saturated heterocycles. The lowest BCUT2D eigenvalue weighted by atomic mass is 10.2. The first-order valence-electron chi connectivity index (χ1n) is 6.16. The number of rotatable bonds is 5. The summed E-state index contributed by atoms with van der Waals surface area (Å²) in [6, 6.07) is 0. The van der Waals surface area contributed by atoms with E-state index in [-0.39, 0.29) is 12.0 Å². The summed E-state index contributed by atoms with van der Waals surface area (Å²) in [7, 11) is 1.81. The number of nitrogens with one attached hydrogen (secondary N) is 1. The highest BCUT2D eigenvalue weighted by molar-refractivity contribution is 5.75. The first-order chi connectivity index (χ1) is 8.75. The molecule has 1 aliphatic rings. The molecular formula is C11H19N5O2. The molecule has 1 aliphatic heterocycles. The van der Waals surface area contributed by atoms with Gasteiger partial charge in [0.05, 0.1) is 25.5 Å². The van der Waals surface area contributed by atoms with E-state index in [4.69, 9.17) is 4.74 Å². The minimum Gasteiger partial charge on any atom is -0.374 e. The summed E-state index contributed by atoms with van der Waals surface area (Å²) < 4.78 is 7.22. The van der Waals surface area contributed by atoms with Crippen LogP contribution in [0.1, 0.15) is 6.42 Å². The van der Waals surface area contributed by atoms with Crippen LogP contribution in [0, 0.1) is 0 Å². The number of ether oxygens (including phenoxy) is 1. The second kappa shape index (κ2) is 6.46. The van der Waals surface area contributed by atoms with Crippen LogP contribution in [-0.2, 0) is 16.1 Å². The predicted molar refractivity (Wildman–Crippen MR) is 64.9 cm³/mol. The van der Waals surface area contributed by atoms with E-state index < -0.39 is 0 Å². The summed E-state index contributed by atoms with van der Waals surface area (Å²) in [4.78, 5) is 13.6. The Hall–Kier alpha value is -1.47. The SMILES string of the molecule is CN(CC1CNCCO1)C(=O)CCn1ccnn1. The summed E-state index contributed by atoms with van der Waals surface area (Å²) >= 11 is 0. The third-order valence-electron chi connectivity index (χ3n) is 2.93. The van der Waals surface area contributed by atoms with Crippen molar-refractivity contribution in [1.29, 1.82) is 0 Å². The Bertz CT molecular complexity index is 362. The van der Waals surface area contributed by atoms with E-state index in [0.717, 1.165) is 13.1 Å². The standard InChI is InChI=1S/C11H19N5O2/c1-15(9-10-8-12-4-7-18-10)11(17)2-5-16-6-3-13-14-16/h3,6,10,12H,2,4-5,7-9H2,1H3. The van der Waals surface area contributed by atoms with Crippen LogP contribution >= 0.6 is 0 Å². The van der Waals surface area contributed by atoms with Gasteiger partial charge in [0.25, 0.3) is 0 Å². The zero-order chi connectivity index (χ0) is 12.8. The molecule has 0 bridgehead atoms. The number of likely N-dealkylation sites (N-methyl/N-ethyl adjacent to an activating group) is 1. The fraction of sp³-hybridized carbons (Fsp3) is 0.727. The van der Waals surface area contributed by atoms with Crippen molar-refractivity contribution in [2.45, 2.75) is 19.1 Å². The van der Waals surface area contributed by atoms with Crippen molar-refractivity contribution < 1.29 is 9.53 Å². The molecule has 0 spiro atoms. The highest BCUT2D eigenvalue weighted by Crippen LogP contribution is 2.01. The molecule has 18 heavy (non-hydrogen) atoms. The normalized spacial score (nSPS) is 19.7. The van der Waals surface area contributed by atoms with Gasteiger partial charge in [0.15, 0.2) is 0 Å². The highest BCUT2D eigenvalue weighted by Gasteiger charge is 2.18. The summed E-state index contributed by atoms with van der Waals surface area (Å²) in [6.45, 7) is 3.60. The van der Waals surface area contributed by atoms with Crippen LogP contribution in [-0.4, -0.2) is 65.2 Å². The molecule has 7 heteroatoms. The predicted octanol–water partition coefficient (Wildman–Crippen LogP) is -0.885. The van der Waals surface area contributed by atoms with Crippen molar-refractivity contribution in [1.82, 2.24) is 25.2 Å². The molecule has 1 atom stereocenters. The average molecular weight is 253 g/mol. The number of carbonyl (C=O) groups is 1. The first-order valence-corrected chi connectivity index (χ1v) is 6.16. The number of hydrogen-bond acceptors (Lipinski definition) is 5. The number of nitrogens with zero attached hydrogens (tertiary/aromatic N) is 4. The van der Waals surface area contributed by atoms with E-state index in [1.165, 1.54) is 0 Å². The second-order valence-electron chi connectivity index (χ2n) is 4.39. The van der Waals surface area contributed by atoms with Crippen molar-refractivity contribution in [2.75, 3.05) is 33.3 Å². The number of carbonyl (C=O) groups excluding carboxylic acids is 1. The molecule has 1 aromatic rings. The van der Waals surface area contributed by atoms with Gasteiger partial charge in [0, 0.05) is 39.3 Å². The third-order valence-corrected chi connectivity index (χ3v) is 2.93. The van der Waals surface area contributed by atoms with Crippen LogP contribution in [0.5, 0.6) is 0 Å².